The predicted molar refractivity (Wildman–Crippen MR) is 80.7 cm³/mol. The van der Waals surface area contributed by atoms with E-state index < -0.39 is 0 Å². The van der Waals surface area contributed by atoms with Crippen LogP contribution in [0.2, 0.25) is 0 Å². The number of morpholine rings is 1. The third-order valence-corrected chi connectivity index (χ3v) is 4.22. The third-order valence-electron chi connectivity index (χ3n) is 4.22. The highest BCUT2D eigenvalue weighted by Crippen LogP contribution is 2.24. The van der Waals surface area contributed by atoms with Crippen LogP contribution < -0.4 is 0 Å². The van der Waals surface area contributed by atoms with E-state index in [1.165, 1.54) is 0 Å². The number of hydrogen-bond acceptors (Lipinski definition) is 5. The summed E-state index contributed by atoms with van der Waals surface area (Å²) in [7, 11) is 0. The maximum atomic E-state index is 12.8. The monoisotopic (exact) mass is 314 g/mol. The van der Waals surface area contributed by atoms with Crippen molar-refractivity contribution in [1.29, 1.82) is 0 Å². The van der Waals surface area contributed by atoms with Crippen LogP contribution in [0.15, 0.2) is 18.2 Å². The molecule has 0 unspecified atom stereocenters. The minimum absolute atomic E-state index is 0.0141. The summed E-state index contributed by atoms with van der Waals surface area (Å²) in [6.07, 6.45) is -0.282. The van der Waals surface area contributed by atoms with Gasteiger partial charge in [-0.3, -0.25) is 9.89 Å². The average molecular weight is 314 g/mol. The van der Waals surface area contributed by atoms with Gasteiger partial charge < -0.3 is 14.4 Å². The Morgan fingerprint density at radius 1 is 1.35 bits per heavy atom. The molecule has 3 heterocycles. The summed E-state index contributed by atoms with van der Waals surface area (Å²) in [6.45, 7) is 4.58. The number of ether oxygens (including phenoxy) is 2. The van der Waals surface area contributed by atoms with Gasteiger partial charge in [0.25, 0.3) is 5.91 Å². The molecule has 120 valence electrons. The van der Waals surface area contributed by atoms with E-state index >= 15 is 0 Å². The Balaban J connectivity index is 1.51. The van der Waals surface area contributed by atoms with Gasteiger partial charge in [-0.25, -0.2) is 4.98 Å². The Bertz CT molecular complexity index is 743. The number of hydrogen-bond donors (Lipinski definition) is 1. The van der Waals surface area contributed by atoms with Crippen molar-refractivity contribution in [2.24, 2.45) is 0 Å². The number of amides is 1. The molecule has 1 saturated heterocycles. The van der Waals surface area contributed by atoms with Gasteiger partial charge in [-0.1, -0.05) is 6.07 Å². The number of benzene rings is 1. The minimum atomic E-state index is -0.282. The second-order valence-electron chi connectivity index (χ2n) is 5.87. The Hall–Kier alpha value is -2.25. The van der Waals surface area contributed by atoms with Crippen LogP contribution in [0.3, 0.4) is 0 Å². The highest BCUT2D eigenvalue weighted by molar-refractivity contribution is 5.94. The average Bonchev–Trinajstić information content (AvgIpc) is 3.22. The number of rotatable bonds is 2. The van der Waals surface area contributed by atoms with E-state index in [-0.39, 0.29) is 12.0 Å². The van der Waals surface area contributed by atoms with Crippen LogP contribution in [-0.4, -0.2) is 45.7 Å². The van der Waals surface area contributed by atoms with Gasteiger partial charge in [0.2, 0.25) is 0 Å². The number of H-pyrrole nitrogens is 1. The van der Waals surface area contributed by atoms with E-state index in [0.717, 1.165) is 17.0 Å². The zero-order valence-electron chi connectivity index (χ0n) is 12.9. The number of aromatic nitrogens is 3. The van der Waals surface area contributed by atoms with E-state index in [1.54, 1.807) is 4.90 Å². The highest BCUT2D eigenvalue weighted by Gasteiger charge is 2.29. The quantitative estimate of drug-likeness (QED) is 0.905. The number of aryl methyl sites for hydroxylation is 1. The van der Waals surface area contributed by atoms with E-state index in [0.29, 0.717) is 44.3 Å². The molecule has 2 aromatic rings. The van der Waals surface area contributed by atoms with E-state index in [4.69, 9.17) is 9.47 Å². The van der Waals surface area contributed by atoms with Gasteiger partial charge in [-0.15, -0.1) is 0 Å². The first kappa shape index (κ1) is 14.3. The molecule has 0 saturated carbocycles. The van der Waals surface area contributed by atoms with Crippen LogP contribution in [0.4, 0.5) is 0 Å². The lowest BCUT2D eigenvalue weighted by Crippen LogP contribution is -2.42. The molecule has 0 aliphatic carbocycles. The molecule has 2 aliphatic heterocycles. The van der Waals surface area contributed by atoms with Crippen LogP contribution in [0.5, 0.6) is 0 Å². The Labute approximate surface area is 133 Å². The maximum absolute atomic E-state index is 12.8. The molecule has 0 radical (unpaired) electrons. The molecule has 23 heavy (non-hydrogen) atoms. The zero-order valence-corrected chi connectivity index (χ0v) is 12.9. The Morgan fingerprint density at radius 2 is 2.22 bits per heavy atom. The molecule has 7 nitrogen and oxygen atoms in total. The fourth-order valence-corrected chi connectivity index (χ4v) is 2.98. The first-order valence-corrected chi connectivity index (χ1v) is 7.70. The number of carbonyl (C=O) groups is 1. The summed E-state index contributed by atoms with van der Waals surface area (Å²) in [4.78, 5) is 18.9. The largest absolute Gasteiger partial charge is 0.372 e. The van der Waals surface area contributed by atoms with Gasteiger partial charge in [0, 0.05) is 12.1 Å². The minimum Gasteiger partial charge on any atom is -0.372 e. The number of fused-ring (bicyclic) bond motifs is 1. The molecule has 0 spiro atoms. The maximum Gasteiger partial charge on any atom is 0.254 e. The first-order chi connectivity index (χ1) is 11.2. The summed E-state index contributed by atoms with van der Waals surface area (Å²) < 4.78 is 11.1. The fraction of sp³-hybridized carbons (Fsp3) is 0.438. The molecule has 1 fully saturated rings. The zero-order chi connectivity index (χ0) is 15.8. The van der Waals surface area contributed by atoms with E-state index in [9.17, 15) is 4.79 Å². The van der Waals surface area contributed by atoms with E-state index in [2.05, 4.69) is 15.2 Å². The smallest absolute Gasteiger partial charge is 0.254 e. The van der Waals surface area contributed by atoms with Crippen LogP contribution >= 0.6 is 0 Å². The van der Waals surface area contributed by atoms with Crippen LogP contribution in [-0.2, 0) is 22.7 Å². The van der Waals surface area contributed by atoms with Gasteiger partial charge in [0.15, 0.2) is 5.82 Å². The summed E-state index contributed by atoms with van der Waals surface area (Å²) in [5.74, 6) is 1.35. The standard InChI is InChI=1S/C16H18N4O3/c1-10-17-15(19-18-10)14-7-20(4-5-23-14)16(21)11-2-3-12-8-22-9-13(12)6-11/h2-3,6,14H,4-5,7-9H2,1H3,(H,17,18,19)/t14-/m0/s1. The molecule has 1 atom stereocenters. The number of aromatic amines is 1. The van der Waals surface area contributed by atoms with Crippen molar-refractivity contribution in [2.45, 2.75) is 26.2 Å². The van der Waals surface area contributed by atoms with Crippen molar-refractivity contribution >= 4 is 5.91 Å². The van der Waals surface area contributed by atoms with E-state index in [1.807, 2.05) is 25.1 Å². The Morgan fingerprint density at radius 3 is 3.04 bits per heavy atom. The molecule has 0 bridgehead atoms. The summed E-state index contributed by atoms with van der Waals surface area (Å²) in [5, 5.41) is 6.95. The third kappa shape index (κ3) is 2.73. The molecule has 4 rings (SSSR count). The molecule has 1 amide bonds. The second kappa shape index (κ2) is 5.75. The highest BCUT2D eigenvalue weighted by atomic mass is 16.5. The number of carbonyl (C=O) groups excluding carboxylic acids is 1. The van der Waals surface area contributed by atoms with Crippen molar-refractivity contribution in [1.82, 2.24) is 20.1 Å². The van der Waals surface area contributed by atoms with Gasteiger partial charge in [0.05, 0.1) is 26.4 Å². The van der Waals surface area contributed by atoms with Crippen molar-refractivity contribution < 1.29 is 14.3 Å². The van der Waals surface area contributed by atoms with Gasteiger partial charge in [-0.05, 0) is 30.2 Å². The fourth-order valence-electron chi connectivity index (χ4n) is 2.98. The van der Waals surface area contributed by atoms with Gasteiger partial charge in [-0.2, -0.15) is 5.10 Å². The lowest BCUT2D eigenvalue weighted by atomic mass is 10.1. The topological polar surface area (TPSA) is 80.3 Å². The van der Waals surface area contributed by atoms with Crippen LogP contribution in [0, 0.1) is 6.92 Å². The van der Waals surface area contributed by atoms with Crippen molar-refractivity contribution in [3.8, 4) is 0 Å². The van der Waals surface area contributed by atoms with Crippen molar-refractivity contribution in [3.63, 3.8) is 0 Å². The predicted octanol–water partition coefficient (Wildman–Crippen LogP) is 1.36. The normalized spacial score (nSPS) is 20.6. The Kier molecular flexibility index (Phi) is 3.59. The molecule has 2 aliphatic rings. The number of nitrogens with one attached hydrogen (secondary N) is 1. The lowest BCUT2D eigenvalue weighted by molar-refractivity contribution is -0.0266. The van der Waals surface area contributed by atoms with Gasteiger partial charge in [0.1, 0.15) is 11.9 Å². The molecular formula is C16H18N4O3. The van der Waals surface area contributed by atoms with Crippen molar-refractivity contribution in [2.75, 3.05) is 19.7 Å². The SMILES string of the molecule is Cc1nc([C@@H]2CN(C(=O)c3ccc4c(c3)COC4)CCO2)n[nH]1. The summed E-state index contributed by atoms with van der Waals surface area (Å²) in [6, 6.07) is 5.79. The van der Waals surface area contributed by atoms with Gasteiger partial charge >= 0.3 is 0 Å². The molecule has 1 aromatic carbocycles. The molecule has 7 heteroatoms. The lowest BCUT2D eigenvalue weighted by Gasteiger charge is -2.31. The van der Waals surface area contributed by atoms with Crippen LogP contribution in [0.1, 0.15) is 39.2 Å². The van der Waals surface area contributed by atoms with Crippen molar-refractivity contribution in [3.05, 3.63) is 46.5 Å². The first-order valence-electron chi connectivity index (χ1n) is 7.70. The molecule has 1 N–H and O–H groups in total. The molecular weight excluding hydrogens is 296 g/mol. The molecule has 1 aromatic heterocycles. The summed E-state index contributed by atoms with van der Waals surface area (Å²) >= 11 is 0. The van der Waals surface area contributed by atoms with Crippen LogP contribution in [0.25, 0.3) is 0 Å². The summed E-state index contributed by atoms with van der Waals surface area (Å²) in [5.41, 5.74) is 2.96. The second-order valence-corrected chi connectivity index (χ2v) is 5.87. The number of nitrogens with zero attached hydrogens (tertiary/aromatic N) is 3.